The van der Waals surface area contributed by atoms with Crippen molar-refractivity contribution < 1.29 is 18.7 Å². The van der Waals surface area contributed by atoms with Gasteiger partial charge in [-0.05, 0) is 25.8 Å². The predicted octanol–water partition coefficient (Wildman–Crippen LogP) is 3.36. The zero-order valence-corrected chi connectivity index (χ0v) is 14.8. The van der Waals surface area contributed by atoms with Gasteiger partial charge in [-0.2, -0.15) is 0 Å². The third kappa shape index (κ3) is 3.07. The van der Waals surface area contributed by atoms with Gasteiger partial charge in [0.2, 0.25) is 0 Å². The Morgan fingerprint density at radius 3 is 2.73 bits per heavy atom. The summed E-state index contributed by atoms with van der Waals surface area (Å²) in [6.07, 6.45) is 1.86. The molecule has 2 aliphatic heterocycles. The molecule has 1 aromatic carbocycles. The lowest BCUT2D eigenvalue weighted by atomic mass is 9.95. The normalized spacial score (nSPS) is 22.8. The number of carbonyl (C=O) groups is 2. The molecule has 1 aromatic heterocycles. The molecule has 2 fully saturated rings. The number of benzene rings is 1. The smallest absolute Gasteiger partial charge is 0.407 e. The topological polar surface area (TPSA) is 71.8 Å². The SMILES string of the molecule is Cc1cc(C(=O)N2CCCC3(CC2)CNC(=O)O3)c(-c2ccccc2)o1. The Bertz CT molecular complexity index is 830. The van der Waals surface area contributed by atoms with Crippen molar-refractivity contribution >= 4 is 12.0 Å². The highest BCUT2D eigenvalue weighted by Gasteiger charge is 2.42. The number of aryl methyl sites for hydroxylation is 1. The van der Waals surface area contributed by atoms with Crippen LogP contribution in [0.25, 0.3) is 11.3 Å². The summed E-state index contributed by atoms with van der Waals surface area (Å²) in [5.41, 5.74) is 1.01. The third-order valence-corrected chi connectivity index (χ3v) is 5.17. The lowest BCUT2D eigenvalue weighted by Crippen LogP contribution is -2.36. The van der Waals surface area contributed by atoms with Crippen molar-refractivity contribution in [2.45, 2.75) is 31.8 Å². The summed E-state index contributed by atoms with van der Waals surface area (Å²) in [7, 11) is 0. The molecular formula is C20H22N2O4. The van der Waals surface area contributed by atoms with Gasteiger partial charge >= 0.3 is 6.09 Å². The van der Waals surface area contributed by atoms with Crippen LogP contribution < -0.4 is 5.32 Å². The molecule has 0 radical (unpaired) electrons. The zero-order valence-electron chi connectivity index (χ0n) is 14.8. The third-order valence-electron chi connectivity index (χ3n) is 5.17. The highest BCUT2D eigenvalue weighted by Crippen LogP contribution is 2.32. The molecule has 1 atom stereocenters. The van der Waals surface area contributed by atoms with Gasteiger partial charge in [-0.25, -0.2) is 4.79 Å². The summed E-state index contributed by atoms with van der Waals surface area (Å²) in [4.78, 5) is 26.5. The number of hydrogen-bond donors (Lipinski definition) is 1. The molecule has 1 unspecified atom stereocenters. The van der Waals surface area contributed by atoms with E-state index in [1.807, 2.05) is 48.2 Å². The molecule has 2 amide bonds. The molecule has 2 aliphatic rings. The van der Waals surface area contributed by atoms with Crippen molar-refractivity contribution in [2.24, 2.45) is 0 Å². The lowest BCUT2D eigenvalue weighted by molar-refractivity contribution is 0.0439. The monoisotopic (exact) mass is 354 g/mol. The minimum absolute atomic E-state index is 0.0324. The minimum Gasteiger partial charge on any atom is -0.461 e. The molecule has 1 spiro atoms. The highest BCUT2D eigenvalue weighted by molar-refractivity contribution is 5.99. The van der Waals surface area contributed by atoms with Crippen LogP contribution in [0.2, 0.25) is 0 Å². The zero-order chi connectivity index (χ0) is 18.1. The van der Waals surface area contributed by atoms with Crippen molar-refractivity contribution in [3.63, 3.8) is 0 Å². The molecule has 4 rings (SSSR count). The van der Waals surface area contributed by atoms with E-state index in [0.29, 0.717) is 43.1 Å². The van der Waals surface area contributed by atoms with Crippen LogP contribution in [0.1, 0.15) is 35.4 Å². The lowest BCUT2D eigenvalue weighted by Gasteiger charge is -2.25. The van der Waals surface area contributed by atoms with Gasteiger partial charge in [0.25, 0.3) is 5.91 Å². The van der Waals surface area contributed by atoms with E-state index in [9.17, 15) is 9.59 Å². The first kappa shape index (κ1) is 16.7. The molecule has 3 heterocycles. The minimum atomic E-state index is -0.472. The Balaban J connectivity index is 1.56. The summed E-state index contributed by atoms with van der Waals surface area (Å²) in [5, 5.41) is 2.74. The van der Waals surface area contributed by atoms with E-state index in [1.54, 1.807) is 0 Å². The maximum Gasteiger partial charge on any atom is 0.407 e. The Morgan fingerprint density at radius 2 is 2.00 bits per heavy atom. The van der Waals surface area contributed by atoms with Gasteiger partial charge in [-0.15, -0.1) is 0 Å². The van der Waals surface area contributed by atoms with E-state index in [4.69, 9.17) is 9.15 Å². The number of carbonyl (C=O) groups excluding carboxylic acids is 2. The molecule has 0 saturated carbocycles. The first-order valence-corrected chi connectivity index (χ1v) is 8.98. The van der Waals surface area contributed by atoms with Gasteiger partial charge in [0.05, 0.1) is 12.1 Å². The number of nitrogens with one attached hydrogen (secondary N) is 1. The molecule has 26 heavy (non-hydrogen) atoms. The second-order valence-electron chi connectivity index (χ2n) is 7.04. The Morgan fingerprint density at radius 1 is 1.19 bits per heavy atom. The number of ether oxygens (including phenoxy) is 1. The van der Waals surface area contributed by atoms with Crippen LogP contribution in [0.15, 0.2) is 40.8 Å². The maximum absolute atomic E-state index is 13.2. The van der Waals surface area contributed by atoms with E-state index >= 15 is 0 Å². The van der Waals surface area contributed by atoms with Crippen molar-refractivity contribution in [1.82, 2.24) is 10.2 Å². The average molecular weight is 354 g/mol. The Kier molecular flexibility index (Phi) is 4.18. The Hall–Kier alpha value is -2.76. The fourth-order valence-electron chi connectivity index (χ4n) is 3.80. The summed E-state index contributed by atoms with van der Waals surface area (Å²) in [6.45, 7) is 3.58. The van der Waals surface area contributed by atoms with E-state index < -0.39 is 5.60 Å². The molecular weight excluding hydrogens is 332 g/mol. The van der Waals surface area contributed by atoms with Crippen LogP contribution in [0.4, 0.5) is 4.79 Å². The second-order valence-corrected chi connectivity index (χ2v) is 7.04. The number of furan rings is 1. The van der Waals surface area contributed by atoms with E-state index in [1.165, 1.54) is 0 Å². The highest BCUT2D eigenvalue weighted by atomic mass is 16.6. The first-order chi connectivity index (χ1) is 12.6. The number of amides is 2. The Labute approximate surface area is 152 Å². The fraction of sp³-hybridized carbons (Fsp3) is 0.400. The van der Waals surface area contributed by atoms with Crippen LogP contribution in [0, 0.1) is 6.92 Å². The maximum atomic E-state index is 13.2. The van der Waals surface area contributed by atoms with Crippen LogP contribution in [-0.2, 0) is 4.74 Å². The van der Waals surface area contributed by atoms with E-state index in [-0.39, 0.29) is 12.0 Å². The summed E-state index contributed by atoms with van der Waals surface area (Å²) < 4.78 is 11.3. The van der Waals surface area contributed by atoms with Crippen molar-refractivity contribution in [2.75, 3.05) is 19.6 Å². The molecule has 136 valence electrons. The molecule has 6 heteroatoms. The number of alkyl carbamates (subject to hydrolysis) is 1. The molecule has 2 aromatic rings. The molecule has 0 bridgehead atoms. The molecule has 6 nitrogen and oxygen atoms in total. The summed E-state index contributed by atoms with van der Waals surface area (Å²) >= 11 is 0. The first-order valence-electron chi connectivity index (χ1n) is 8.98. The van der Waals surface area contributed by atoms with Crippen LogP contribution >= 0.6 is 0 Å². The standard InChI is InChI=1S/C20H22N2O4/c1-14-12-16(17(25-14)15-6-3-2-4-7-15)18(23)22-10-5-8-20(9-11-22)13-21-19(24)26-20/h2-4,6-7,12H,5,8-11,13H2,1H3,(H,21,24). The quantitative estimate of drug-likeness (QED) is 0.898. The van der Waals surface area contributed by atoms with Gasteiger partial charge < -0.3 is 19.4 Å². The number of likely N-dealkylation sites (tertiary alicyclic amines) is 1. The van der Waals surface area contributed by atoms with Gasteiger partial charge in [0.1, 0.15) is 17.1 Å². The molecule has 0 aliphatic carbocycles. The van der Waals surface area contributed by atoms with Crippen molar-refractivity contribution in [1.29, 1.82) is 0 Å². The van der Waals surface area contributed by atoms with E-state index in [2.05, 4.69) is 5.32 Å². The summed E-state index contributed by atoms with van der Waals surface area (Å²) in [6, 6.07) is 11.5. The van der Waals surface area contributed by atoms with Gasteiger partial charge in [-0.1, -0.05) is 30.3 Å². The largest absolute Gasteiger partial charge is 0.461 e. The van der Waals surface area contributed by atoms with Crippen molar-refractivity contribution in [3.8, 4) is 11.3 Å². The number of hydrogen-bond acceptors (Lipinski definition) is 4. The average Bonchev–Trinajstić information content (AvgIpc) is 3.14. The van der Waals surface area contributed by atoms with Gasteiger partial charge in [0, 0.05) is 25.1 Å². The molecule has 2 saturated heterocycles. The molecule has 1 N–H and O–H groups in total. The van der Waals surface area contributed by atoms with Crippen LogP contribution in [0.5, 0.6) is 0 Å². The van der Waals surface area contributed by atoms with Crippen LogP contribution in [0.3, 0.4) is 0 Å². The second kappa shape index (κ2) is 6.52. The fourth-order valence-corrected chi connectivity index (χ4v) is 3.80. The van der Waals surface area contributed by atoms with Crippen LogP contribution in [-0.4, -0.2) is 42.1 Å². The number of rotatable bonds is 2. The van der Waals surface area contributed by atoms with Crippen molar-refractivity contribution in [3.05, 3.63) is 47.7 Å². The van der Waals surface area contributed by atoms with Gasteiger partial charge in [-0.3, -0.25) is 4.79 Å². The van der Waals surface area contributed by atoms with E-state index in [0.717, 1.165) is 18.4 Å². The summed E-state index contributed by atoms with van der Waals surface area (Å²) in [5.74, 6) is 1.29. The number of nitrogens with zero attached hydrogens (tertiary/aromatic N) is 1. The predicted molar refractivity (Wildman–Crippen MR) is 95.9 cm³/mol. The van der Waals surface area contributed by atoms with Gasteiger partial charge in [0.15, 0.2) is 0 Å².